The van der Waals surface area contributed by atoms with E-state index in [9.17, 15) is 0 Å². The van der Waals surface area contributed by atoms with Gasteiger partial charge in [0.15, 0.2) is 0 Å². The minimum absolute atomic E-state index is 0. The molecule has 0 bridgehead atoms. The molecule has 1 aromatic heterocycles. The number of halogens is 1. The summed E-state index contributed by atoms with van der Waals surface area (Å²) in [7, 11) is 4.21. The van der Waals surface area contributed by atoms with Crippen LogP contribution in [0.3, 0.4) is 0 Å². The standard InChI is InChI=1S/C11H13NS.ClH/c1-12(2)7-9-8-13-11-6-4-3-5-10(9)11;/h3-6,8H,7H2,1-2H3;1H. The van der Waals surface area contributed by atoms with Crippen LogP contribution in [0.25, 0.3) is 10.1 Å². The third kappa shape index (κ3) is 2.27. The molecule has 0 radical (unpaired) electrons. The zero-order valence-corrected chi connectivity index (χ0v) is 9.99. The lowest BCUT2D eigenvalue weighted by Gasteiger charge is -2.07. The van der Waals surface area contributed by atoms with E-state index >= 15 is 0 Å². The van der Waals surface area contributed by atoms with Crippen molar-refractivity contribution in [1.82, 2.24) is 4.90 Å². The predicted molar refractivity (Wildman–Crippen MR) is 66.5 cm³/mol. The number of fused-ring (bicyclic) bond motifs is 1. The van der Waals surface area contributed by atoms with E-state index in [1.165, 1.54) is 15.6 Å². The first-order chi connectivity index (χ1) is 6.27. The fraction of sp³-hybridized carbons (Fsp3) is 0.273. The van der Waals surface area contributed by atoms with Crippen molar-refractivity contribution in [3.63, 3.8) is 0 Å². The molecule has 0 fully saturated rings. The number of rotatable bonds is 2. The first-order valence-electron chi connectivity index (χ1n) is 4.37. The number of hydrogen-bond acceptors (Lipinski definition) is 2. The highest BCUT2D eigenvalue weighted by Crippen LogP contribution is 2.25. The Kier molecular flexibility index (Phi) is 3.93. The van der Waals surface area contributed by atoms with Crippen LogP contribution in [0.2, 0.25) is 0 Å². The van der Waals surface area contributed by atoms with Crippen LogP contribution in [-0.4, -0.2) is 19.0 Å². The summed E-state index contributed by atoms with van der Waals surface area (Å²) in [6.45, 7) is 1.03. The average Bonchev–Trinajstić information content (AvgIpc) is 2.48. The first kappa shape index (κ1) is 11.5. The second-order valence-corrected chi connectivity index (χ2v) is 4.41. The molecule has 14 heavy (non-hydrogen) atoms. The molecule has 0 spiro atoms. The van der Waals surface area contributed by atoms with Gasteiger partial charge in [-0.2, -0.15) is 0 Å². The zero-order valence-electron chi connectivity index (χ0n) is 8.36. The molecule has 1 aromatic carbocycles. The minimum Gasteiger partial charge on any atom is -0.305 e. The molecule has 3 heteroatoms. The summed E-state index contributed by atoms with van der Waals surface area (Å²) in [5.74, 6) is 0. The molecule has 76 valence electrons. The van der Waals surface area contributed by atoms with Crippen LogP contribution in [0.4, 0.5) is 0 Å². The van der Waals surface area contributed by atoms with Crippen molar-refractivity contribution in [3.8, 4) is 0 Å². The van der Waals surface area contributed by atoms with Crippen molar-refractivity contribution in [2.24, 2.45) is 0 Å². The highest BCUT2D eigenvalue weighted by Gasteiger charge is 2.02. The minimum atomic E-state index is 0. The summed E-state index contributed by atoms with van der Waals surface area (Å²) in [5.41, 5.74) is 1.44. The van der Waals surface area contributed by atoms with E-state index in [4.69, 9.17) is 0 Å². The van der Waals surface area contributed by atoms with E-state index in [0.717, 1.165) is 6.54 Å². The van der Waals surface area contributed by atoms with Gasteiger partial charge in [-0.25, -0.2) is 0 Å². The molecule has 2 aromatic rings. The Morgan fingerprint density at radius 3 is 2.64 bits per heavy atom. The normalized spacial score (nSPS) is 10.5. The van der Waals surface area contributed by atoms with Crippen molar-refractivity contribution < 1.29 is 0 Å². The molecule has 2 rings (SSSR count). The van der Waals surface area contributed by atoms with Gasteiger partial charge in [0, 0.05) is 11.2 Å². The summed E-state index contributed by atoms with van der Waals surface area (Å²) in [6.07, 6.45) is 0. The van der Waals surface area contributed by atoms with Gasteiger partial charge < -0.3 is 4.90 Å². The van der Waals surface area contributed by atoms with E-state index in [0.29, 0.717) is 0 Å². The maximum Gasteiger partial charge on any atom is 0.0346 e. The topological polar surface area (TPSA) is 3.24 Å². The molecule has 0 N–H and O–H groups in total. The molecule has 0 aliphatic carbocycles. The number of benzene rings is 1. The highest BCUT2D eigenvalue weighted by molar-refractivity contribution is 7.17. The van der Waals surface area contributed by atoms with Crippen molar-refractivity contribution >= 4 is 33.8 Å². The van der Waals surface area contributed by atoms with Crippen molar-refractivity contribution in [1.29, 1.82) is 0 Å². The lowest BCUT2D eigenvalue weighted by molar-refractivity contribution is 0.404. The van der Waals surface area contributed by atoms with Crippen LogP contribution in [-0.2, 0) is 6.54 Å². The number of nitrogens with zero attached hydrogens (tertiary/aromatic N) is 1. The average molecular weight is 228 g/mol. The van der Waals surface area contributed by atoms with Crippen LogP contribution < -0.4 is 0 Å². The first-order valence-corrected chi connectivity index (χ1v) is 5.25. The SMILES string of the molecule is CN(C)Cc1csc2ccccc12.Cl. The van der Waals surface area contributed by atoms with Gasteiger partial charge in [0.25, 0.3) is 0 Å². The molecule has 1 heterocycles. The van der Waals surface area contributed by atoms with E-state index in [1.54, 1.807) is 0 Å². The third-order valence-corrected chi connectivity index (χ3v) is 3.06. The van der Waals surface area contributed by atoms with E-state index < -0.39 is 0 Å². The third-order valence-electron chi connectivity index (χ3n) is 2.05. The fourth-order valence-corrected chi connectivity index (χ4v) is 2.45. The van der Waals surface area contributed by atoms with Crippen LogP contribution in [0, 0.1) is 0 Å². The Labute approximate surface area is 94.8 Å². The summed E-state index contributed by atoms with van der Waals surface area (Å²) >= 11 is 1.83. The largest absolute Gasteiger partial charge is 0.305 e. The molecule has 0 unspecified atom stereocenters. The molecule has 0 saturated carbocycles. The van der Waals surface area contributed by atoms with Gasteiger partial charge in [-0.15, -0.1) is 23.7 Å². The van der Waals surface area contributed by atoms with Gasteiger partial charge in [-0.3, -0.25) is 0 Å². The smallest absolute Gasteiger partial charge is 0.0346 e. The Balaban J connectivity index is 0.000000980. The van der Waals surface area contributed by atoms with Gasteiger partial charge >= 0.3 is 0 Å². The number of thiophene rings is 1. The zero-order chi connectivity index (χ0) is 9.26. The Morgan fingerprint density at radius 1 is 1.21 bits per heavy atom. The summed E-state index contributed by atoms with van der Waals surface area (Å²) < 4.78 is 1.39. The summed E-state index contributed by atoms with van der Waals surface area (Å²) in [5, 5.41) is 3.66. The summed E-state index contributed by atoms with van der Waals surface area (Å²) in [6, 6.07) is 8.58. The van der Waals surface area contributed by atoms with E-state index in [2.05, 4.69) is 48.6 Å². The molecule has 0 amide bonds. The van der Waals surface area contributed by atoms with Crippen molar-refractivity contribution in [3.05, 3.63) is 35.2 Å². The fourth-order valence-electron chi connectivity index (χ4n) is 1.50. The number of hydrogen-bond donors (Lipinski definition) is 0. The molecule has 0 aliphatic heterocycles. The van der Waals surface area contributed by atoms with E-state index in [1.807, 2.05) is 11.3 Å². The van der Waals surface area contributed by atoms with Gasteiger partial charge in [-0.1, -0.05) is 18.2 Å². The Bertz CT molecular complexity index is 408. The second-order valence-electron chi connectivity index (χ2n) is 3.49. The van der Waals surface area contributed by atoms with Gasteiger partial charge in [0.1, 0.15) is 0 Å². The second kappa shape index (κ2) is 4.78. The van der Waals surface area contributed by atoms with Crippen molar-refractivity contribution in [2.45, 2.75) is 6.54 Å². The maximum absolute atomic E-state index is 2.25. The van der Waals surface area contributed by atoms with Gasteiger partial charge in [0.05, 0.1) is 0 Å². The molecule has 1 nitrogen and oxygen atoms in total. The Hall–Kier alpha value is -0.570. The van der Waals surface area contributed by atoms with Gasteiger partial charge in [0.2, 0.25) is 0 Å². The Morgan fingerprint density at radius 2 is 1.93 bits per heavy atom. The lowest BCUT2D eigenvalue weighted by atomic mass is 10.2. The van der Waals surface area contributed by atoms with Crippen LogP contribution in [0.15, 0.2) is 29.6 Å². The maximum atomic E-state index is 2.25. The van der Waals surface area contributed by atoms with Crippen molar-refractivity contribution in [2.75, 3.05) is 14.1 Å². The molecule has 0 aliphatic rings. The van der Waals surface area contributed by atoms with Crippen LogP contribution >= 0.6 is 23.7 Å². The summed E-state index contributed by atoms with van der Waals surface area (Å²) in [4.78, 5) is 2.20. The molecular weight excluding hydrogens is 214 g/mol. The quantitative estimate of drug-likeness (QED) is 0.761. The monoisotopic (exact) mass is 227 g/mol. The van der Waals surface area contributed by atoms with E-state index in [-0.39, 0.29) is 12.4 Å². The molecule has 0 atom stereocenters. The van der Waals surface area contributed by atoms with Crippen LogP contribution in [0.5, 0.6) is 0 Å². The van der Waals surface area contributed by atoms with Crippen LogP contribution in [0.1, 0.15) is 5.56 Å². The molecular formula is C11H14ClNS. The predicted octanol–water partition coefficient (Wildman–Crippen LogP) is 3.38. The molecule has 0 saturated heterocycles. The van der Waals surface area contributed by atoms with Gasteiger partial charge in [-0.05, 0) is 36.5 Å². The highest BCUT2D eigenvalue weighted by atomic mass is 35.5. The lowest BCUT2D eigenvalue weighted by Crippen LogP contribution is -2.09.